The van der Waals surface area contributed by atoms with Gasteiger partial charge in [-0.1, -0.05) is 0 Å². The molecule has 0 aliphatic rings. The largest absolute Gasteiger partial charge is 0.493 e. The summed E-state index contributed by atoms with van der Waals surface area (Å²) < 4.78 is 21.3. The molecule has 0 aromatic heterocycles. The van der Waals surface area contributed by atoms with E-state index in [1.54, 1.807) is 28.4 Å². The van der Waals surface area contributed by atoms with Crippen molar-refractivity contribution in [3.8, 4) is 17.2 Å². The summed E-state index contributed by atoms with van der Waals surface area (Å²) in [5, 5.41) is 3.34. The van der Waals surface area contributed by atoms with E-state index in [2.05, 4.69) is 19.2 Å². The Morgan fingerprint density at radius 1 is 0.950 bits per heavy atom. The number of benzene rings is 1. The molecule has 0 saturated carbocycles. The van der Waals surface area contributed by atoms with Crippen molar-refractivity contribution in [2.75, 3.05) is 40.3 Å². The number of hydrogen-bond acceptors (Lipinski definition) is 5. The monoisotopic (exact) mass is 283 g/mol. The predicted octanol–water partition coefficient (Wildman–Crippen LogP) is 2.94. The summed E-state index contributed by atoms with van der Waals surface area (Å²) in [7, 11) is 6.53. The number of methoxy groups -OCH3 is 4. The zero-order chi connectivity index (χ0) is 15.2. The fraction of sp³-hybridized carbons (Fsp3) is 0.600. The predicted molar refractivity (Wildman–Crippen MR) is 80.3 cm³/mol. The van der Waals surface area contributed by atoms with Crippen molar-refractivity contribution in [3.63, 3.8) is 0 Å². The lowest BCUT2D eigenvalue weighted by molar-refractivity contribution is 0.0185. The van der Waals surface area contributed by atoms with Gasteiger partial charge in [0.2, 0.25) is 5.75 Å². The normalized spacial score (nSPS) is 11.1. The standard InChI is InChI=1S/C15H25NO4/c1-15(2,20-6)7-8-16-11-9-12(17-3)14(19-5)13(10-11)18-4/h9-10,16H,7-8H2,1-6H3. The second-order valence-corrected chi connectivity index (χ2v) is 5.05. The van der Waals surface area contributed by atoms with E-state index in [9.17, 15) is 0 Å². The van der Waals surface area contributed by atoms with Crippen molar-refractivity contribution in [1.29, 1.82) is 0 Å². The molecule has 0 bridgehead atoms. The lowest BCUT2D eigenvalue weighted by Crippen LogP contribution is -2.25. The molecule has 20 heavy (non-hydrogen) atoms. The Labute approximate surface area is 121 Å². The van der Waals surface area contributed by atoms with Crippen LogP contribution in [0.25, 0.3) is 0 Å². The summed E-state index contributed by atoms with van der Waals surface area (Å²) in [5.74, 6) is 1.87. The number of rotatable bonds is 8. The van der Waals surface area contributed by atoms with Crippen LogP contribution in [-0.2, 0) is 4.74 Å². The van der Waals surface area contributed by atoms with Crippen molar-refractivity contribution in [3.05, 3.63) is 12.1 Å². The molecule has 0 fully saturated rings. The smallest absolute Gasteiger partial charge is 0.203 e. The van der Waals surface area contributed by atoms with Crippen molar-refractivity contribution in [2.24, 2.45) is 0 Å². The zero-order valence-corrected chi connectivity index (χ0v) is 13.2. The molecule has 0 aliphatic heterocycles. The van der Waals surface area contributed by atoms with Gasteiger partial charge in [0.05, 0.1) is 26.9 Å². The SMILES string of the molecule is COc1cc(NCCC(C)(C)OC)cc(OC)c1OC. The first kappa shape index (κ1) is 16.4. The van der Waals surface area contributed by atoms with Gasteiger partial charge >= 0.3 is 0 Å². The Hall–Kier alpha value is -1.62. The highest BCUT2D eigenvalue weighted by molar-refractivity contribution is 5.62. The van der Waals surface area contributed by atoms with Gasteiger partial charge in [-0.15, -0.1) is 0 Å². The number of anilines is 1. The molecule has 0 spiro atoms. The van der Waals surface area contributed by atoms with E-state index in [1.807, 2.05) is 12.1 Å². The van der Waals surface area contributed by atoms with Gasteiger partial charge in [-0.05, 0) is 20.3 Å². The third-order valence-electron chi connectivity index (χ3n) is 3.27. The molecule has 5 nitrogen and oxygen atoms in total. The van der Waals surface area contributed by atoms with Crippen molar-refractivity contribution < 1.29 is 18.9 Å². The molecule has 0 amide bonds. The van der Waals surface area contributed by atoms with Gasteiger partial charge in [0, 0.05) is 31.5 Å². The molecule has 1 rings (SSSR count). The summed E-state index contributed by atoms with van der Waals surface area (Å²) >= 11 is 0. The molecular formula is C15H25NO4. The molecule has 1 aromatic rings. The molecule has 0 saturated heterocycles. The quantitative estimate of drug-likeness (QED) is 0.795. The van der Waals surface area contributed by atoms with Crippen LogP contribution in [0.2, 0.25) is 0 Å². The van der Waals surface area contributed by atoms with Crippen LogP contribution in [0.1, 0.15) is 20.3 Å². The summed E-state index contributed by atoms with van der Waals surface area (Å²) in [6, 6.07) is 3.78. The molecule has 5 heteroatoms. The van der Waals surface area contributed by atoms with Crippen LogP contribution in [0.4, 0.5) is 5.69 Å². The van der Waals surface area contributed by atoms with Gasteiger partial charge in [0.1, 0.15) is 0 Å². The van der Waals surface area contributed by atoms with Gasteiger partial charge in [-0.3, -0.25) is 0 Å². The van der Waals surface area contributed by atoms with Crippen LogP contribution in [0.5, 0.6) is 17.2 Å². The molecule has 1 N–H and O–H groups in total. The lowest BCUT2D eigenvalue weighted by Gasteiger charge is -2.23. The highest BCUT2D eigenvalue weighted by Crippen LogP contribution is 2.39. The maximum absolute atomic E-state index is 5.39. The second-order valence-electron chi connectivity index (χ2n) is 5.05. The highest BCUT2D eigenvalue weighted by Gasteiger charge is 2.16. The minimum absolute atomic E-state index is 0.145. The van der Waals surface area contributed by atoms with Gasteiger partial charge in [-0.25, -0.2) is 0 Å². The summed E-state index contributed by atoms with van der Waals surface area (Å²) in [6.45, 7) is 4.91. The van der Waals surface area contributed by atoms with Crippen LogP contribution in [0.15, 0.2) is 12.1 Å². The molecule has 0 radical (unpaired) electrons. The van der Waals surface area contributed by atoms with Crippen LogP contribution in [-0.4, -0.2) is 40.6 Å². The van der Waals surface area contributed by atoms with E-state index < -0.39 is 0 Å². The van der Waals surface area contributed by atoms with E-state index >= 15 is 0 Å². The van der Waals surface area contributed by atoms with Gasteiger partial charge in [-0.2, -0.15) is 0 Å². The topological polar surface area (TPSA) is 49.0 Å². The van der Waals surface area contributed by atoms with E-state index in [4.69, 9.17) is 18.9 Å². The molecule has 0 aliphatic carbocycles. The number of ether oxygens (including phenoxy) is 4. The Bertz CT molecular complexity index is 407. The maximum Gasteiger partial charge on any atom is 0.203 e. The molecule has 1 aromatic carbocycles. The van der Waals surface area contributed by atoms with Crippen LogP contribution >= 0.6 is 0 Å². The van der Waals surface area contributed by atoms with E-state index in [-0.39, 0.29) is 5.60 Å². The lowest BCUT2D eigenvalue weighted by atomic mass is 10.1. The van der Waals surface area contributed by atoms with Gasteiger partial charge < -0.3 is 24.3 Å². The van der Waals surface area contributed by atoms with E-state index in [1.165, 1.54) is 0 Å². The number of hydrogen-bond donors (Lipinski definition) is 1. The average molecular weight is 283 g/mol. The fourth-order valence-corrected chi connectivity index (χ4v) is 1.79. The first-order valence-electron chi connectivity index (χ1n) is 6.56. The highest BCUT2D eigenvalue weighted by atomic mass is 16.5. The molecule has 114 valence electrons. The van der Waals surface area contributed by atoms with Crippen LogP contribution < -0.4 is 19.5 Å². The second kappa shape index (κ2) is 7.24. The van der Waals surface area contributed by atoms with Crippen LogP contribution in [0, 0.1) is 0 Å². The Morgan fingerprint density at radius 2 is 1.50 bits per heavy atom. The van der Waals surface area contributed by atoms with Crippen molar-refractivity contribution >= 4 is 5.69 Å². The molecular weight excluding hydrogens is 258 g/mol. The third kappa shape index (κ3) is 4.20. The average Bonchev–Trinajstić information content (AvgIpc) is 2.45. The fourth-order valence-electron chi connectivity index (χ4n) is 1.79. The summed E-state index contributed by atoms with van der Waals surface area (Å²) in [5.41, 5.74) is 0.777. The maximum atomic E-state index is 5.39. The third-order valence-corrected chi connectivity index (χ3v) is 3.27. The van der Waals surface area contributed by atoms with Crippen molar-refractivity contribution in [1.82, 2.24) is 0 Å². The molecule has 0 heterocycles. The zero-order valence-electron chi connectivity index (χ0n) is 13.2. The van der Waals surface area contributed by atoms with E-state index in [0.29, 0.717) is 17.2 Å². The minimum Gasteiger partial charge on any atom is -0.493 e. The minimum atomic E-state index is -0.145. The van der Waals surface area contributed by atoms with E-state index in [0.717, 1.165) is 18.7 Å². The Kier molecular flexibility index (Phi) is 5.95. The molecule has 0 unspecified atom stereocenters. The van der Waals surface area contributed by atoms with Gasteiger partial charge in [0.25, 0.3) is 0 Å². The van der Waals surface area contributed by atoms with Crippen LogP contribution in [0.3, 0.4) is 0 Å². The first-order chi connectivity index (χ1) is 9.47. The number of nitrogens with one attached hydrogen (secondary N) is 1. The van der Waals surface area contributed by atoms with Gasteiger partial charge in [0.15, 0.2) is 11.5 Å². The molecule has 0 atom stereocenters. The first-order valence-corrected chi connectivity index (χ1v) is 6.56. The Balaban J connectivity index is 2.81. The Morgan fingerprint density at radius 3 is 1.90 bits per heavy atom. The summed E-state index contributed by atoms with van der Waals surface area (Å²) in [6.07, 6.45) is 0.889. The van der Waals surface area contributed by atoms with Crippen molar-refractivity contribution in [2.45, 2.75) is 25.9 Å². The summed E-state index contributed by atoms with van der Waals surface area (Å²) in [4.78, 5) is 0.